The molecule has 1 N–H and O–H groups in total. The zero-order valence-corrected chi connectivity index (χ0v) is 14.1. The Labute approximate surface area is 150 Å². The number of hydrogen-bond donors (Lipinski definition) is 1. The lowest BCUT2D eigenvalue weighted by Gasteiger charge is -2.30. The molecule has 0 saturated carbocycles. The van der Waals surface area contributed by atoms with Crippen molar-refractivity contribution in [2.45, 2.75) is 25.4 Å². The van der Waals surface area contributed by atoms with Crippen LogP contribution >= 0.6 is 0 Å². The van der Waals surface area contributed by atoms with Crippen molar-refractivity contribution in [3.8, 4) is 5.75 Å². The van der Waals surface area contributed by atoms with Gasteiger partial charge in [-0.05, 0) is 36.5 Å². The fraction of sp³-hybridized carbons (Fsp3) is 0.333. The summed E-state index contributed by atoms with van der Waals surface area (Å²) in [5, 5.41) is 19.8. The number of benzene rings is 1. The van der Waals surface area contributed by atoms with Gasteiger partial charge in [0.25, 0.3) is 5.69 Å². The quantitative estimate of drug-likeness (QED) is 0.649. The molecule has 1 fully saturated rings. The minimum Gasteiger partial charge on any atom is -0.487 e. The van der Waals surface area contributed by atoms with E-state index in [9.17, 15) is 14.9 Å². The highest BCUT2D eigenvalue weighted by Crippen LogP contribution is 2.27. The molecule has 0 spiro atoms. The molecule has 1 amide bonds. The Morgan fingerprint density at radius 1 is 1.31 bits per heavy atom. The number of nitrogens with zero attached hydrogens (tertiary/aromatic N) is 3. The largest absolute Gasteiger partial charge is 0.487 e. The second-order valence-electron chi connectivity index (χ2n) is 6.17. The number of pyridine rings is 1. The van der Waals surface area contributed by atoms with Gasteiger partial charge in [0.1, 0.15) is 12.4 Å². The summed E-state index contributed by atoms with van der Waals surface area (Å²) < 4.78 is 5.57. The second kappa shape index (κ2) is 7.81. The number of nitro groups is 1. The van der Waals surface area contributed by atoms with Crippen molar-refractivity contribution in [2.75, 3.05) is 13.1 Å². The third-order valence-electron chi connectivity index (χ3n) is 4.50. The molecule has 8 heteroatoms. The highest BCUT2D eigenvalue weighted by Gasteiger charge is 2.23. The van der Waals surface area contributed by atoms with E-state index in [1.54, 1.807) is 18.3 Å². The maximum Gasteiger partial charge on any atom is 0.407 e. The highest BCUT2D eigenvalue weighted by atomic mass is 16.6. The molecule has 1 aromatic carbocycles. The molecule has 1 saturated heterocycles. The van der Waals surface area contributed by atoms with Gasteiger partial charge in [-0.2, -0.15) is 0 Å². The Morgan fingerprint density at radius 2 is 2.08 bits per heavy atom. The number of hydrogen-bond acceptors (Lipinski definition) is 5. The minimum absolute atomic E-state index is 0.0153. The van der Waals surface area contributed by atoms with Crippen LogP contribution in [-0.2, 0) is 6.61 Å². The van der Waals surface area contributed by atoms with Gasteiger partial charge >= 0.3 is 6.09 Å². The summed E-state index contributed by atoms with van der Waals surface area (Å²) in [7, 11) is 0. The normalized spacial score (nSPS) is 14.8. The van der Waals surface area contributed by atoms with Crippen LogP contribution in [0.25, 0.3) is 0 Å². The molecule has 0 unspecified atom stereocenters. The zero-order valence-electron chi connectivity index (χ0n) is 14.1. The molecular weight excluding hydrogens is 338 g/mol. The van der Waals surface area contributed by atoms with Gasteiger partial charge in [-0.15, -0.1) is 0 Å². The van der Waals surface area contributed by atoms with E-state index < -0.39 is 11.0 Å². The van der Waals surface area contributed by atoms with Gasteiger partial charge < -0.3 is 14.7 Å². The van der Waals surface area contributed by atoms with Gasteiger partial charge in [-0.25, -0.2) is 4.79 Å². The highest BCUT2D eigenvalue weighted by molar-refractivity contribution is 5.65. The van der Waals surface area contributed by atoms with Crippen molar-refractivity contribution in [1.29, 1.82) is 0 Å². The number of amides is 1. The summed E-state index contributed by atoms with van der Waals surface area (Å²) in [6.45, 7) is 1.30. The number of piperidine rings is 1. The number of likely N-dealkylation sites (tertiary alicyclic amines) is 1. The van der Waals surface area contributed by atoms with Gasteiger partial charge in [0.2, 0.25) is 0 Å². The Hall–Kier alpha value is -3.16. The maximum atomic E-state index is 11.0. The van der Waals surface area contributed by atoms with E-state index in [1.807, 2.05) is 12.1 Å². The molecular formula is C18H19N3O5. The smallest absolute Gasteiger partial charge is 0.407 e. The van der Waals surface area contributed by atoms with Gasteiger partial charge in [0.05, 0.1) is 16.7 Å². The third kappa shape index (κ3) is 4.27. The number of rotatable bonds is 5. The molecule has 136 valence electrons. The van der Waals surface area contributed by atoms with E-state index in [1.165, 1.54) is 17.0 Å². The minimum atomic E-state index is -0.866. The number of non-ortho nitro benzene ring substituents is 1. The molecule has 2 heterocycles. The Balaban J connectivity index is 1.56. The fourth-order valence-corrected chi connectivity index (χ4v) is 3.01. The molecule has 2 aromatic rings. The van der Waals surface area contributed by atoms with Crippen molar-refractivity contribution >= 4 is 11.8 Å². The van der Waals surface area contributed by atoms with E-state index in [-0.39, 0.29) is 12.3 Å². The maximum absolute atomic E-state index is 11.0. The van der Waals surface area contributed by atoms with E-state index >= 15 is 0 Å². The van der Waals surface area contributed by atoms with Gasteiger partial charge in [-0.1, -0.05) is 12.1 Å². The molecule has 0 radical (unpaired) electrons. The number of carbonyl (C=O) groups is 1. The van der Waals surface area contributed by atoms with Gasteiger partial charge in [0, 0.05) is 25.4 Å². The lowest BCUT2D eigenvalue weighted by Crippen LogP contribution is -2.36. The number of aromatic nitrogens is 1. The monoisotopic (exact) mass is 357 g/mol. The summed E-state index contributed by atoms with van der Waals surface area (Å²) in [4.78, 5) is 27.1. The Morgan fingerprint density at radius 3 is 2.69 bits per heavy atom. The topological polar surface area (TPSA) is 106 Å². The average molecular weight is 357 g/mol. The molecule has 1 aromatic heterocycles. The van der Waals surface area contributed by atoms with Crippen molar-refractivity contribution in [2.24, 2.45) is 0 Å². The van der Waals surface area contributed by atoms with Crippen LogP contribution in [0.3, 0.4) is 0 Å². The SMILES string of the molecule is O=C(O)N1CCC(c2ccc(COc3cccc([N+](=O)[O-])c3)nc2)CC1. The third-order valence-corrected chi connectivity index (χ3v) is 4.50. The number of carboxylic acid groups (broad SMARTS) is 1. The van der Waals surface area contributed by atoms with Crippen molar-refractivity contribution in [3.63, 3.8) is 0 Å². The first-order valence-electron chi connectivity index (χ1n) is 8.33. The van der Waals surface area contributed by atoms with E-state index in [2.05, 4.69) is 4.98 Å². The van der Waals surface area contributed by atoms with E-state index in [0.717, 1.165) is 24.1 Å². The number of nitro benzene ring substituents is 1. The molecule has 1 aliphatic rings. The predicted octanol–water partition coefficient (Wildman–Crippen LogP) is 3.43. The molecule has 26 heavy (non-hydrogen) atoms. The second-order valence-corrected chi connectivity index (χ2v) is 6.17. The van der Waals surface area contributed by atoms with Crippen LogP contribution in [0.15, 0.2) is 42.6 Å². The molecule has 0 bridgehead atoms. The molecule has 3 rings (SSSR count). The zero-order chi connectivity index (χ0) is 18.5. The fourth-order valence-electron chi connectivity index (χ4n) is 3.01. The first kappa shape index (κ1) is 17.7. The van der Waals surface area contributed by atoms with Crippen LogP contribution < -0.4 is 4.74 Å². The van der Waals surface area contributed by atoms with E-state index in [4.69, 9.17) is 9.84 Å². The molecule has 8 nitrogen and oxygen atoms in total. The van der Waals surface area contributed by atoms with Crippen LogP contribution in [0, 0.1) is 10.1 Å². The van der Waals surface area contributed by atoms with Crippen LogP contribution in [-0.4, -0.2) is 39.1 Å². The first-order chi connectivity index (χ1) is 12.5. The summed E-state index contributed by atoms with van der Waals surface area (Å²) in [5.74, 6) is 0.732. The van der Waals surface area contributed by atoms with Gasteiger partial charge in [-0.3, -0.25) is 15.1 Å². The average Bonchev–Trinajstić information content (AvgIpc) is 2.67. The van der Waals surface area contributed by atoms with Crippen LogP contribution in [0.2, 0.25) is 0 Å². The van der Waals surface area contributed by atoms with Crippen molar-refractivity contribution in [3.05, 3.63) is 64.0 Å². The first-order valence-corrected chi connectivity index (χ1v) is 8.33. The summed E-state index contributed by atoms with van der Waals surface area (Å²) >= 11 is 0. The summed E-state index contributed by atoms with van der Waals surface area (Å²) in [6.07, 6.45) is 2.51. The lowest BCUT2D eigenvalue weighted by molar-refractivity contribution is -0.384. The molecule has 0 aliphatic carbocycles. The predicted molar refractivity (Wildman–Crippen MR) is 93.2 cm³/mol. The molecule has 0 atom stereocenters. The standard InChI is InChI=1S/C18H19N3O5/c22-18(23)20-8-6-13(7-9-20)14-4-5-15(19-11-14)12-26-17-3-1-2-16(10-17)21(24)25/h1-5,10-11,13H,6-9,12H2,(H,22,23). The van der Waals surface area contributed by atoms with Crippen molar-refractivity contribution in [1.82, 2.24) is 9.88 Å². The molecule has 1 aliphatic heterocycles. The summed E-state index contributed by atoms with van der Waals surface area (Å²) in [6, 6.07) is 9.89. The van der Waals surface area contributed by atoms with Gasteiger partial charge in [0.15, 0.2) is 0 Å². The van der Waals surface area contributed by atoms with E-state index in [0.29, 0.717) is 24.8 Å². The van der Waals surface area contributed by atoms with Crippen LogP contribution in [0.5, 0.6) is 5.75 Å². The Bertz CT molecular complexity index is 786. The lowest BCUT2D eigenvalue weighted by atomic mass is 9.90. The Kier molecular flexibility index (Phi) is 5.31. The van der Waals surface area contributed by atoms with Crippen molar-refractivity contribution < 1.29 is 19.6 Å². The van der Waals surface area contributed by atoms with Crippen LogP contribution in [0.1, 0.15) is 30.0 Å². The summed E-state index contributed by atoms with van der Waals surface area (Å²) in [5.41, 5.74) is 1.80. The van der Waals surface area contributed by atoms with Crippen LogP contribution in [0.4, 0.5) is 10.5 Å². The number of ether oxygens (including phenoxy) is 1.